The molecule has 1 unspecified atom stereocenters. The van der Waals surface area contributed by atoms with Crippen LogP contribution in [0.15, 0.2) is 97.3 Å². The zero-order valence-electron chi connectivity index (χ0n) is 17.6. The van der Waals surface area contributed by atoms with Crippen LogP contribution in [0.1, 0.15) is 33.2 Å². The summed E-state index contributed by atoms with van der Waals surface area (Å²) in [7, 11) is 0. The SMILES string of the molecule is Cc1ccc(NC(=O)C(OC(=O)c2ccc(Cn3cccn3)cc2)c2ccccc2)cc1. The molecule has 0 aliphatic carbocycles. The number of carbonyl (C=O) groups is 2. The molecule has 1 heterocycles. The molecular weight excluding hydrogens is 402 g/mol. The van der Waals surface area contributed by atoms with Crippen LogP contribution in [0.4, 0.5) is 5.69 Å². The number of amides is 1. The van der Waals surface area contributed by atoms with Crippen LogP contribution >= 0.6 is 0 Å². The molecule has 1 atom stereocenters. The predicted octanol–water partition coefficient (Wildman–Crippen LogP) is 4.78. The van der Waals surface area contributed by atoms with Gasteiger partial charge in [-0.1, -0.05) is 60.2 Å². The van der Waals surface area contributed by atoms with E-state index in [0.29, 0.717) is 23.4 Å². The van der Waals surface area contributed by atoms with E-state index in [4.69, 9.17) is 4.74 Å². The number of anilines is 1. The normalized spacial score (nSPS) is 11.5. The molecule has 6 heteroatoms. The van der Waals surface area contributed by atoms with E-state index in [1.807, 2.05) is 61.7 Å². The molecule has 1 N–H and O–H groups in total. The molecular formula is C26H23N3O3. The lowest BCUT2D eigenvalue weighted by Crippen LogP contribution is -2.26. The van der Waals surface area contributed by atoms with Gasteiger partial charge in [0.2, 0.25) is 6.10 Å². The molecule has 0 radical (unpaired) electrons. The molecule has 0 saturated carbocycles. The fourth-order valence-corrected chi connectivity index (χ4v) is 3.25. The van der Waals surface area contributed by atoms with E-state index in [1.54, 1.807) is 47.3 Å². The molecule has 160 valence electrons. The summed E-state index contributed by atoms with van der Waals surface area (Å²) < 4.78 is 7.46. The highest BCUT2D eigenvalue weighted by Gasteiger charge is 2.25. The first kappa shape index (κ1) is 21.1. The van der Waals surface area contributed by atoms with E-state index in [0.717, 1.165) is 11.1 Å². The number of ether oxygens (including phenoxy) is 1. The molecule has 0 aliphatic rings. The van der Waals surface area contributed by atoms with Crippen molar-refractivity contribution in [1.82, 2.24) is 9.78 Å². The van der Waals surface area contributed by atoms with Gasteiger partial charge in [-0.05, 0) is 42.8 Å². The molecule has 4 rings (SSSR count). The maximum Gasteiger partial charge on any atom is 0.339 e. The van der Waals surface area contributed by atoms with E-state index in [2.05, 4.69) is 10.4 Å². The average Bonchev–Trinajstić information content (AvgIpc) is 3.33. The van der Waals surface area contributed by atoms with Crippen molar-refractivity contribution >= 4 is 17.6 Å². The zero-order chi connectivity index (χ0) is 22.3. The zero-order valence-corrected chi connectivity index (χ0v) is 17.6. The lowest BCUT2D eigenvalue weighted by Gasteiger charge is -2.18. The Morgan fingerprint density at radius 1 is 0.938 bits per heavy atom. The summed E-state index contributed by atoms with van der Waals surface area (Å²) in [6, 6.07) is 25.4. The van der Waals surface area contributed by atoms with Gasteiger partial charge in [0, 0.05) is 23.6 Å². The second-order valence-electron chi connectivity index (χ2n) is 7.45. The van der Waals surface area contributed by atoms with Crippen LogP contribution in [0.2, 0.25) is 0 Å². The number of esters is 1. The Kier molecular flexibility index (Phi) is 6.41. The predicted molar refractivity (Wildman–Crippen MR) is 122 cm³/mol. The highest BCUT2D eigenvalue weighted by atomic mass is 16.5. The number of carbonyl (C=O) groups excluding carboxylic acids is 2. The van der Waals surface area contributed by atoms with Gasteiger partial charge in [0.1, 0.15) is 0 Å². The largest absolute Gasteiger partial charge is 0.444 e. The molecule has 0 bridgehead atoms. The molecule has 0 fully saturated rings. The van der Waals surface area contributed by atoms with Crippen molar-refractivity contribution in [2.75, 3.05) is 5.32 Å². The summed E-state index contributed by atoms with van der Waals surface area (Å²) in [6.07, 6.45) is 2.52. The Bertz CT molecular complexity index is 1170. The molecule has 0 aliphatic heterocycles. The first-order valence-electron chi connectivity index (χ1n) is 10.3. The summed E-state index contributed by atoms with van der Waals surface area (Å²) >= 11 is 0. The van der Waals surface area contributed by atoms with E-state index in [-0.39, 0.29) is 0 Å². The van der Waals surface area contributed by atoms with Crippen molar-refractivity contribution in [1.29, 1.82) is 0 Å². The first-order chi connectivity index (χ1) is 15.6. The van der Waals surface area contributed by atoms with Crippen LogP contribution < -0.4 is 5.32 Å². The maximum absolute atomic E-state index is 13.0. The number of benzene rings is 3. The van der Waals surface area contributed by atoms with Crippen molar-refractivity contribution in [3.63, 3.8) is 0 Å². The molecule has 0 saturated heterocycles. The number of hydrogen-bond acceptors (Lipinski definition) is 4. The number of aromatic nitrogens is 2. The van der Waals surface area contributed by atoms with Crippen molar-refractivity contribution < 1.29 is 14.3 Å². The van der Waals surface area contributed by atoms with Crippen molar-refractivity contribution in [2.24, 2.45) is 0 Å². The number of rotatable bonds is 7. The van der Waals surface area contributed by atoms with Crippen molar-refractivity contribution in [3.05, 3.63) is 120 Å². The second-order valence-corrected chi connectivity index (χ2v) is 7.45. The fraction of sp³-hybridized carbons (Fsp3) is 0.115. The molecule has 6 nitrogen and oxygen atoms in total. The third-order valence-corrected chi connectivity index (χ3v) is 4.98. The molecule has 4 aromatic rings. The van der Waals surface area contributed by atoms with Gasteiger partial charge in [0.25, 0.3) is 5.91 Å². The molecule has 3 aromatic carbocycles. The van der Waals surface area contributed by atoms with Crippen molar-refractivity contribution in [2.45, 2.75) is 19.6 Å². The number of nitrogens with zero attached hydrogens (tertiary/aromatic N) is 2. The quantitative estimate of drug-likeness (QED) is 0.433. The Balaban J connectivity index is 1.49. The van der Waals surface area contributed by atoms with E-state index >= 15 is 0 Å². The Hall–Kier alpha value is -4.19. The monoisotopic (exact) mass is 425 g/mol. The Labute approximate surface area is 186 Å². The van der Waals surface area contributed by atoms with Gasteiger partial charge in [-0.25, -0.2) is 4.79 Å². The van der Waals surface area contributed by atoms with Gasteiger partial charge >= 0.3 is 5.97 Å². The standard InChI is InChI=1S/C26H23N3O3/c1-19-8-14-23(15-9-19)28-25(30)24(21-6-3-2-4-7-21)32-26(31)22-12-10-20(11-13-22)18-29-17-5-16-27-29/h2-17,24H,18H2,1H3,(H,28,30). The van der Waals surface area contributed by atoms with Gasteiger partial charge in [0.15, 0.2) is 0 Å². The molecule has 1 amide bonds. The fourth-order valence-electron chi connectivity index (χ4n) is 3.25. The van der Waals surface area contributed by atoms with Gasteiger partial charge in [-0.3, -0.25) is 9.48 Å². The highest BCUT2D eigenvalue weighted by Crippen LogP contribution is 2.22. The molecule has 32 heavy (non-hydrogen) atoms. The Morgan fingerprint density at radius 3 is 2.31 bits per heavy atom. The van der Waals surface area contributed by atoms with Gasteiger partial charge < -0.3 is 10.1 Å². The van der Waals surface area contributed by atoms with Crippen molar-refractivity contribution in [3.8, 4) is 0 Å². The number of nitrogens with one attached hydrogen (secondary N) is 1. The lowest BCUT2D eigenvalue weighted by atomic mass is 10.1. The topological polar surface area (TPSA) is 73.2 Å². The minimum Gasteiger partial charge on any atom is -0.444 e. The summed E-state index contributed by atoms with van der Waals surface area (Å²) in [5.74, 6) is -0.979. The second kappa shape index (κ2) is 9.75. The third kappa shape index (κ3) is 5.29. The van der Waals surface area contributed by atoms with Gasteiger partial charge in [-0.2, -0.15) is 5.10 Å². The summed E-state index contributed by atoms with van der Waals surface area (Å²) in [4.78, 5) is 25.8. The van der Waals surface area contributed by atoms with Crippen LogP contribution in [0.5, 0.6) is 0 Å². The molecule has 0 spiro atoms. The van der Waals surface area contributed by atoms with E-state index in [9.17, 15) is 9.59 Å². The van der Waals surface area contributed by atoms with Crippen LogP contribution in [0.3, 0.4) is 0 Å². The summed E-state index contributed by atoms with van der Waals surface area (Å²) in [5.41, 5.74) is 3.70. The number of hydrogen-bond donors (Lipinski definition) is 1. The van der Waals surface area contributed by atoms with E-state index < -0.39 is 18.0 Å². The Morgan fingerprint density at radius 2 is 1.66 bits per heavy atom. The van der Waals surface area contributed by atoms with Crippen LogP contribution in [0.25, 0.3) is 0 Å². The first-order valence-corrected chi connectivity index (χ1v) is 10.3. The van der Waals surface area contributed by atoms with Gasteiger partial charge in [0.05, 0.1) is 12.1 Å². The van der Waals surface area contributed by atoms with Crippen LogP contribution in [0, 0.1) is 6.92 Å². The molecule has 1 aromatic heterocycles. The summed E-state index contributed by atoms with van der Waals surface area (Å²) in [5, 5.41) is 7.01. The third-order valence-electron chi connectivity index (χ3n) is 4.98. The van der Waals surface area contributed by atoms with Crippen LogP contribution in [-0.4, -0.2) is 21.7 Å². The smallest absolute Gasteiger partial charge is 0.339 e. The minimum absolute atomic E-state index is 0.373. The van der Waals surface area contributed by atoms with Crippen LogP contribution in [-0.2, 0) is 16.1 Å². The van der Waals surface area contributed by atoms with Gasteiger partial charge in [-0.15, -0.1) is 0 Å². The highest BCUT2D eigenvalue weighted by molar-refractivity contribution is 5.98. The number of aryl methyl sites for hydroxylation is 1. The van der Waals surface area contributed by atoms with E-state index in [1.165, 1.54) is 0 Å². The average molecular weight is 425 g/mol. The minimum atomic E-state index is -1.08. The summed E-state index contributed by atoms with van der Waals surface area (Å²) in [6.45, 7) is 2.58. The maximum atomic E-state index is 13.0. The lowest BCUT2D eigenvalue weighted by molar-refractivity contribution is -0.125.